The van der Waals surface area contributed by atoms with Crippen LogP contribution >= 0.6 is 0 Å². The van der Waals surface area contributed by atoms with Gasteiger partial charge in [0.05, 0.1) is 0 Å². The number of hydrogen-bond acceptors (Lipinski definition) is 2. The SMILES string of the molecule is CCCCCCCCCCCCNS(=O)(=O)C(F)(F)C(F)(F)C(F)F. The molecule has 0 aliphatic rings. The highest BCUT2D eigenvalue weighted by molar-refractivity contribution is 7.90. The average Bonchev–Trinajstić information content (AvgIpc) is 2.52. The van der Waals surface area contributed by atoms with E-state index in [0.29, 0.717) is 6.42 Å². The summed E-state index contributed by atoms with van der Waals surface area (Å²) in [6.45, 7) is 1.63. The molecule has 0 amide bonds. The Bertz CT molecular complexity index is 457. The summed E-state index contributed by atoms with van der Waals surface area (Å²) in [7, 11) is -5.89. The van der Waals surface area contributed by atoms with Crippen molar-refractivity contribution < 1.29 is 34.8 Å². The van der Waals surface area contributed by atoms with Crippen LogP contribution in [-0.4, -0.2) is 32.6 Å². The molecular formula is C15H27F6NO2S. The second-order valence-electron chi connectivity index (χ2n) is 6.02. The second kappa shape index (κ2) is 11.3. The van der Waals surface area contributed by atoms with Gasteiger partial charge in [-0.25, -0.2) is 21.9 Å². The topological polar surface area (TPSA) is 46.2 Å². The highest BCUT2D eigenvalue weighted by Gasteiger charge is 2.70. The van der Waals surface area contributed by atoms with E-state index in [1.54, 1.807) is 0 Å². The molecule has 0 saturated heterocycles. The van der Waals surface area contributed by atoms with Crippen LogP contribution in [0.1, 0.15) is 71.1 Å². The summed E-state index contributed by atoms with van der Waals surface area (Å²) in [6.07, 6.45) is 4.44. The summed E-state index contributed by atoms with van der Waals surface area (Å²) < 4.78 is 99.4. The minimum Gasteiger partial charge on any atom is -0.210 e. The molecule has 0 spiro atoms. The van der Waals surface area contributed by atoms with Crippen molar-refractivity contribution in [1.29, 1.82) is 0 Å². The Labute approximate surface area is 145 Å². The molecule has 0 radical (unpaired) electrons. The first-order valence-corrected chi connectivity index (χ1v) is 10.0. The minimum atomic E-state index is -5.95. The quantitative estimate of drug-likeness (QED) is 0.299. The molecule has 0 rings (SSSR count). The number of halogens is 6. The lowest BCUT2D eigenvalue weighted by molar-refractivity contribution is -0.225. The van der Waals surface area contributed by atoms with Gasteiger partial charge in [0.25, 0.3) is 10.0 Å². The number of unbranched alkanes of at least 4 members (excludes halogenated alkanes) is 9. The monoisotopic (exact) mass is 399 g/mol. The Morgan fingerprint density at radius 3 is 1.60 bits per heavy atom. The van der Waals surface area contributed by atoms with Gasteiger partial charge in [0.1, 0.15) is 0 Å². The van der Waals surface area contributed by atoms with E-state index in [9.17, 15) is 34.8 Å². The first-order chi connectivity index (χ1) is 11.5. The van der Waals surface area contributed by atoms with E-state index < -0.39 is 34.2 Å². The fraction of sp³-hybridized carbons (Fsp3) is 1.00. The van der Waals surface area contributed by atoms with Crippen molar-refractivity contribution in [2.45, 2.75) is 88.7 Å². The summed E-state index contributed by atoms with van der Waals surface area (Å²) in [5, 5.41) is -5.87. The predicted molar refractivity (Wildman–Crippen MR) is 84.7 cm³/mol. The number of rotatable bonds is 15. The van der Waals surface area contributed by atoms with Crippen LogP contribution in [0.3, 0.4) is 0 Å². The predicted octanol–water partition coefficient (Wildman–Crippen LogP) is 5.32. The van der Waals surface area contributed by atoms with Gasteiger partial charge in [0.2, 0.25) is 0 Å². The first kappa shape index (κ1) is 24.5. The molecule has 1 N–H and O–H groups in total. The van der Waals surface area contributed by atoms with Crippen LogP contribution in [0.15, 0.2) is 0 Å². The van der Waals surface area contributed by atoms with Crippen molar-refractivity contribution in [3.8, 4) is 0 Å². The number of nitrogens with one attached hydrogen (secondary N) is 1. The van der Waals surface area contributed by atoms with Crippen molar-refractivity contribution in [1.82, 2.24) is 4.72 Å². The van der Waals surface area contributed by atoms with Crippen LogP contribution in [0.2, 0.25) is 0 Å². The molecule has 0 bridgehead atoms. The van der Waals surface area contributed by atoms with Gasteiger partial charge in [-0.15, -0.1) is 0 Å². The zero-order valence-electron chi connectivity index (χ0n) is 14.3. The van der Waals surface area contributed by atoms with Gasteiger partial charge in [0.15, 0.2) is 0 Å². The standard InChI is InChI=1S/C15H27F6NO2S/c1-2-3-4-5-6-7-8-9-10-11-12-22-25(23,24)15(20,21)14(18,19)13(16)17/h13,22H,2-12H2,1H3. The largest absolute Gasteiger partial charge is 0.426 e. The highest BCUT2D eigenvalue weighted by Crippen LogP contribution is 2.42. The van der Waals surface area contributed by atoms with E-state index in [1.807, 2.05) is 0 Å². The lowest BCUT2D eigenvalue weighted by atomic mass is 10.1. The molecule has 0 aliphatic heterocycles. The first-order valence-electron chi connectivity index (χ1n) is 8.53. The Morgan fingerprint density at radius 2 is 1.20 bits per heavy atom. The maximum Gasteiger partial charge on any atom is 0.426 e. The molecule has 0 atom stereocenters. The van der Waals surface area contributed by atoms with Crippen LogP contribution in [0, 0.1) is 0 Å². The third kappa shape index (κ3) is 7.72. The Kier molecular flexibility index (Phi) is 11.0. The van der Waals surface area contributed by atoms with Crippen molar-refractivity contribution >= 4 is 10.0 Å². The number of sulfonamides is 1. The molecule has 3 nitrogen and oxygen atoms in total. The van der Waals surface area contributed by atoms with E-state index in [1.165, 1.54) is 17.6 Å². The molecule has 0 heterocycles. The normalized spacial score (nSPS) is 13.6. The van der Waals surface area contributed by atoms with Gasteiger partial charge in [0, 0.05) is 6.54 Å². The van der Waals surface area contributed by atoms with E-state index >= 15 is 0 Å². The fourth-order valence-electron chi connectivity index (χ4n) is 2.22. The van der Waals surface area contributed by atoms with Crippen molar-refractivity contribution in [2.75, 3.05) is 6.54 Å². The van der Waals surface area contributed by atoms with Crippen LogP contribution < -0.4 is 4.72 Å². The fourth-order valence-corrected chi connectivity index (χ4v) is 3.26. The summed E-state index contributed by atoms with van der Waals surface area (Å²) >= 11 is 0. The zero-order valence-corrected chi connectivity index (χ0v) is 15.2. The third-order valence-corrected chi connectivity index (χ3v) is 5.35. The number of hydrogen-bond donors (Lipinski definition) is 1. The van der Waals surface area contributed by atoms with Crippen molar-refractivity contribution in [3.05, 3.63) is 0 Å². The molecule has 0 aromatic heterocycles. The van der Waals surface area contributed by atoms with Gasteiger partial charge in [-0.05, 0) is 6.42 Å². The molecule has 10 heteroatoms. The van der Waals surface area contributed by atoms with E-state index in [4.69, 9.17) is 0 Å². The minimum absolute atomic E-state index is 0.172. The van der Waals surface area contributed by atoms with Gasteiger partial charge in [-0.1, -0.05) is 64.7 Å². The molecular weight excluding hydrogens is 372 g/mol. The molecule has 0 aromatic rings. The molecule has 152 valence electrons. The smallest absolute Gasteiger partial charge is 0.210 e. The summed E-state index contributed by atoms with van der Waals surface area (Å²) in [5.74, 6) is -5.95. The summed E-state index contributed by atoms with van der Waals surface area (Å²) in [4.78, 5) is 0. The third-order valence-electron chi connectivity index (χ3n) is 3.82. The van der Waals surface area contributed by atoms with Gasteiger partial charge < -0.3 is 0 Å². The Morgan fingerprint density at radius 1 is 0.800 bits per heavy atom. The van der Waals surface area contributed by atoms with Crippen LogP contribution in [-0.2, 0) is 10.0 Å². The molecule has 0 aromatic carbocycles. The highest BCUT2D eigenvalue weighted by atomic mass is 32.2. The zero-order chi connectivity index (χ0) is 19.6. The van der Waals surface area contributed by atoms with Crippen LogP contribution in [0.25, 0.3) is 0 Å². The van der Waals surface area contributed by atoms with E-state index in [0.717, 1.165) is 38.5 Å². The van der Waals surface area contributed by atoms with Gasteiger partial charge in [-0.3, -0.25) is 0 Å². The van der Waals surface area contributed by atoms with E-state index in [2.05, 4.69) is 6.92 Å². The maximum absolute atomic E-state index is 13.2. The summed E-state index contributed by atoms with van der Waals surface area (Å²) in [6, 6.07) is 0. The van der Waals surface area contributed by atoms with Crippen molar-refractivity contribution in [3.63, 3.8) is 0 Å². The lowest BCUT2D eigenvalue weighted by Crippen LogP contribution is -2.55. The average molecular weight is 399 g/mol. The van der Waals surface area contributed by atoms with Crippen molar-refractivity contribution in [2.24, 2.45) is 0 Å². The number of alkyl halides is 6. The Balaban J connectivity index is 4.01. The van der Waals surface area contributed by atoms with Crippen LogP contribution in [0.4, 0.5) is 26.3 Å². The van der Waals surface area contributed by atoms with Gasteiger partial charge >= 0.3 is 17.6 Å². The maximum atomic E-state index is 13.2. The summed E-state index contributed by atoms with van der Waals surface area (Å²) in [5.41, 5.74) is 0. The molecule has 0 saturated carbocycles. The van der Waals surface area contributed by atoms with E-state index in [-0.39, 0.29) is 6.42 Å². The second-order valence-corrected chi connectivity index (χ2v) is 7.83. The molecule has 0 unspecified atom stereocenters. The Hall–Kier alpha value is -0.510. The lowest BCUT2D eigenvalue weighted by Gasteiger charge is -2.25. The molecule has 0 fully saturated rings. The molecule has 0 aliphatic carbocycles. The molecule has 25 heavy (non-hydrogen) atoms. The van der Waals surface area contributed by atoms with Gasteiger partial charge in [-0.2, -0.15) is 17.6 Å². The van der Waals surface area contributed by atoms with Crippen LogP contribution in [0.5, 0.6) is 0 Å².